The van der Waals surface area contributed by atoms with E-state index < -0.39 is 6.10 Å². The number of aliphatic hydroxyl groups is 1. The molecule has 0 bridgehead atoms. The summed E-state index contributed by atoms with van der Waals surface area (Å²) in [5, 5.41) is 19.1. The molecule has 0 aliphatic rings. The predicted octanol–water partition coefficient (Wildman–Crippen LogP) is 3.45. The molecule has 4 aromatic rings. The van der Waals surface area contributed by atoms with E-state index in [1.807, 2.05) is 36.4 Å². The van der Waals surface area contributed by atoms with E-state index in [0.717, 1.165) is 16.2 Å². The lowest BCUT2D eigenvalue weighted by molar-refractivity contribution is 0.0915. The van der Waals surface area contributed by atoms with Gasteiger partial charge >= 0.3 is 0 Å². The maximum atomic E-state index is 12.9. The molecule has 1 atom stereocenters. The van der Waals surface area contributed by atoms with E-state index in [2.05, 4.69) is 4.98 Å². The smallest absolute Gasteiger partial charge is 0.271 e. The van der Waals surface area contributed by atoms with Crippen molar-refractivity contribution in [2.75, 3.05) is 13.7 Å². The van der Waals surface area contributed by atoms with Gasteiger partial charge in [-0.3, -0.25) is 9.36 Å². The van der Waals surface area contributed by atoms with Gasteiger partial charge in [0.2, 0.25) is 0 Å². The molecule has 2 aromatic carbocycles. The van der Waals surface area contributed by atoms with E-state index in [4.69, 9.17) is 14.7 Å². The molecule has 0 saturated heterocycles. The molecular formula is C23H19N3O4S. The Balaban J connectivity index is 1.48. The molecule has 0 radical (unpaired) electrons. The van der Waals surface area contributed by atoms with Crippen LogP contribution < -0.4 is 15.0 Å². The quantitative estimate of drug-likeness (QED) is 0.479. The Morgan fingerprint density at radius 1 is 1.16 bits per heavy atom. The topological polar surface area (TPSA) is 97.4 Å². The molecule has 0 saturated carbocycles. The summed E-state index contributed by atoms with van der Waals surface area (Å²) in [6.07, 6.45) is 0.550. The van der Waals surface area contributed by atoms with Gasteiger partial charge in [-0.15, -0.1) is 11.3 Å². The van der Waals surface area contributed by atoms with Gasteiger partial charge in [-0.25, -0.2) is 4.98 Å². The van der Waals surface area contributed by atoms with Gasteiger partial charge in [-0.05, 0) is 60.2 Å². The number of fused-ring (bicyclic) bond motifs is 1. The highest BCUT2D eigenvalue weighted by Gasteiger charge is 2.13. The zero-order valence-corrected chi connectivity index (χ0v) is 17.5. The Kier molecular flexibility index (Phi) is 5.98. The molecule has 31 heavy (non-hydrogen) atoms. The van der Waals surface area contributed by atoms with Crippen molar-refractivity contribution in [3.63, 3.8) is 0 Å². The van der Waals surface area contributed by atoms with Crippen molar-refractivity contribution >= 4 is 21.6 Å². The largest absolute Gasteiger partial charge is 0.497 e. The van der Waals surface area contributed by atoms with Gasteiger partial charge in [0.15, 0.2) is 0 Å². The van der Waals surface area contributed by atoms with Crippen LogP contribution in [0.25, 0.3) is 20.7 Å². The van der Waals surface area contributed by atoms with E-state index in [9.17, 15) is 9.90 Å². The third-order valence-corrected chi connectivity index (χ3v) is 5.87. The molecular weight excluding hydrogens is 414 g/mol. The van der Waals surface area contributed by atoms with Crippen LogP contribution in [0.3, 0.4) is 0 Å². The van der Waals surface area contributed by atoms with Crippen LogP contribution in [-0.2, 0) is 6.54 Å². The molecule has 0 aliphatic heterocycles. The second-order valence-electron chi connectivity index (χ2n) is 6.86. The third kappa shape index (κ3) is 4.58. The number of rotatable bonds is 7. The zero-order valence-electron chi connectivity index (χ0n) is 16.7. The Morgan fingerprint density at radius 3 is 2.55 bits per heavy atom. The van der Waals surface area contributed by atoms with Crippen LogP contribution in [0.4, 0.5) is 0 Å². The molecule has 8 heteroatoms. The highest BCUT2D eigenvalue weighted by atomic mass is 32.1. The van der Waals surface area contributed by atoms with Crippen molar-refractivity contribution in [1.82, 2.24) is 9.55 Å². The maximum absolute atomic E-state index is 12.9. The van der Waals surface area contributed by atoms with Crippen molar-refractivity contribution in [3.05, 3.63) is 76.8 Å². The second-order valence-corrected chi connectivity index (χ2v) is 7.91. The van der Waals surface area contributed by atoms with Gasteiger partial charge in [0, 0.05) is 4.88 Å². The van der Waals surface area contributed by atoms with E-state index >= 15 is 0 Å². The normalized spacial score (nSPS) is 11.8. The van der Waals surface area contributed by atoms with Crippen LogP contribution >= 0.6 is 11.3 Å². The molecule has 0 aliphatic carbocycles. The lowest BCUT2D eigenvalue weighted by atomic mass is 10.2. The molecule has 1 N–H and O–H groups in total. The molecule has 0 amide bonds. The first-order valence-corrected chi connectivity index (χ1v) is 10.3. The number of nitriles is 1. The summed E-state index contributed by atoms with van der Waals surface area (Å²) >= 11 is 1.37. The van der Waals surface area contributed by atoms with Gasteiger partial charge < -0.3 is 14.6 Å². The molecule has 0 spiro atoms. The standard InChI is InChI=1S/C23H19N3O4S/c1-29-18-8-4-16(5-9-18)21-10-20-22(31-21)23(28)26(14-25-20)12-17(27)13-30-19-6-2-15(11-24)3-7-19/h2-10,14,17,27H,12-13H2,1H3. The van der Waals surface area contributed by atoms with Crippen LogP contribution in [0, 0.1) is 11.3 Å². The fourth-order valence-electron chi connectivity index (χ4n) is 3.07. The van der Waals surface area contributed by atoms with Crippen molar-refractivity contribution in [2.45, 2.75) is 12.6 Å². The van der Waals surface area contributed by atoms with Crippen LogP contribution in [0.2, 0.25) is 0 Å². The number of aromatic nitrogens is 2. The predicted molar refractivity (Wildman–Crippen MR) is 119 cm³/mol. The number of benzene rings is 2. The lowest BCUT2D eigenvalue weighted by Gasteiger charge is -2.13. The molecule has 2 aromatic heterocycles. The second kappa shape index (κ2) is 9.00. The van der Waals surface area contributed by atoms with Crippen LogP contribution in [0.15, 0.2) is 65.7 Å². The first-order valence-electron chi connectivity index (χ1n) is 9.52. The summed E-state index contributed by atoms with van der Waals surface area (Å²) in [5.74, 6) is 1.31. The Morgan fingerprint density at radius 2 is 1.87 bits per heavy atom. The average molecular weight is 433 g/mol. The number of nitrogens with zero attached hydrogens (tertiary/aromatic N) is 3. The van der Waals surface area contributed by atoms with Crippen molar-refractivity contribution in [1.29, 1.82) is 5.26 Å². The van der Waals surface area contributed by atoms with Crippen LogP contribution in [0.1, 0.15) is 5.56 Å². The summed E-state index contributed by atoms with van der Waals surface area (Å²) in [6, 6.07) is 18.1. The highest BCUT2D eigenvalue weighted by molar-refractivity contribution is 7.22. The number of ether oxygens (including phenoxy) is 2. The summed E-state index contributed by atoms with van der Waals surface area (Å²) in [5.41, 5.74) is 1.93. The molecule has 1 unspecified atom stereocenters. The summed E-state index contributed by atoms with van der Waals surface area (Å²) in [7, 11) is 1.62. The fraction of sp³-hybridized carbons (Fsp3) is 0.174. The average Bonchev–Trinajstić information content (AvgIpc) is 3.25. The van der Waals surface area contributed by atoms with Gasteiger partial charge in [0.1, 0.15) is 28.9 Å². The summed E-state index contributed by atoms with van der Waals surface area (Å²) in [6.45, 7) is 0.0751. The monoisotopic (exact) mass is 433 g/mol. The Bertz CT molecular complexity index is 1290. The van der Waals surface area contributed by atoms with E-state index in [-0.39, 0.29) is 18.7 Å². The number of hydrogen-bond acceptors (Lipinski definition) is 7. The fourth-order valence-corrected chi connectivity index (χ4v) is 4.14. The summed E-state index contributed by atoms with van der Waals surface area (Å²) in [4.78, 5) is 18.2. The first kappa shape index (κ1) is 20.6. The molecule has 156 valence electrons. The molecule has 7 nitrogen and oxygen atoms in total. The van der Waals surface area contributed by atoms with Crippen LogP contribution in [0.5, 0.6) is 11.5 Å². The minimum atomic E-state index is -0.895. The minimum absolute atomic E-state index is 0.0118. The van der Waals surface area contributed by atoms with Gasteiger partial charge in [0.05, 0.1) is 37.1 Å². The summed E-state index contributed by atoms with van der Waals surface area (Å²) < 4.78 is 12.7. The number of methoxy groups -OCH3 is 1. The zero-order chi connectivity index (χ0) is 21.8. The first-order chi connectivity index (χ1) is 15.1. The minimum Gasteiger partial charge on any atom is -0.497 e. The van der Waals surface area contributed by atoms with E-state index in [1.165, 1.54) is 22.2 Å². The number of thiophene rings is 1. The van der Waals surface area contributed by atoms with Gasteiger partial charge in [-0.2, -0.15) is 5.26 Å². The van der Waals surface area contributed by atoms with E-state index in [0.29, 0.717) is 21.5 Å². The van der Waals surface area contributed by atoms with Gasteiger partial charge in [-0.1, -0.05) is 0 Å². The van der Waals surface area contributed by atoms with Crippen molar-refractivity contribution in [2.24, 2.45) is 0 Å². The SMILES string of the molecule is COc1ccc(-c2cc3ncn(CC(O)COc4ccc(C#N)cc4)c(=O)c3s2)cc1. The Labute approximate surface area is 182 Å². The van der Waals surface area contributed by atoms with Crippen molar-refractivity contribution in [3.8, 4) is 28.0 Å². The molecule has 0 fully saturated rings. The third-order valence-electron chi connectivity index (χ3n) is 4.71. The number of hydrogen-bond donors (Lipinski definition) is 1. The lowest BCUT2D eigenvalue weighted by Crippen LogP contribution is -2.30. The molecule has 4 rings (SSSR count). The maximum Gasteiger partial charge on any atom is 0.271 e. The van der Waals surface area contributed by atoms with E-state index in [1.54, 1.807) is 31.4 Å². The van der Waals surface area contributed by atoms with Crippen molar-refractivity contribution < 1.29 is 14.6 Å². The van der Waals surface area contributed by atoms with Gasteiger partial charge in [0.25, 0.3) is 5.56 Å². The highest BCUT2D eigenvalue weighted by Crippen LogP contribution is 2.31. The van der Waals surface area contributed by atoms with Crippen LogP contribution in [-0.4, -0.2) is 34.5 Å². The molecule has 2 heterocycles. The number of aliphatic hydroxyl groups excluding tert-OH is 1. The Hall–Kier alpha value is -3.67.